The van der Waals surface area contributed by atoms with E-state index in [1.807, 2.05) is 0 Å². The molecule has 0 fully saturated rings. The summed E-state index contributed by atoms with van der Waals surface area (Å²) in [4.78, 5) is 35.1. The normalized spacial score (nSPS) is 11.8. The fraction of sp³-hybridized carbons (Fsp3) is 0.105. The molecule has 0 aliphatic carbocycles. The summed E-state index contributed by atoms with van der Waals surface area (Å²) in [7, 11) is 0. The topological polar surface area (TPSA) is 95.5 Å². The molecule has 2 aromatic carbocycles. The molecule has 146 valence electrons. The van der Waals surface area contributed by atoms with E-state index in [-0.39, 0.29) is 5.91 Å². The maximum Gasteiger partial charge on any atom is 0.328 e. The molecular weight excluding hydrogens is 423 g/mol. The summed E-state index contributed by atoms with van der Waals surface area (Å²) in [6, 6.07) is 11.6. The lowest BCUT2D eigenvalue weighted by molar-refractivity contribution is -0.131. The van der Waals surface area contributed by atoms with E-state index in [0.717, 1.165) is 17.0 Å². The first-order valence-corrected chi connectivity index (χ1v) is 9.63. The highest BCUT2D eigenvalue weighted by molar-refractivity contribution is 8.00. The average Bonchev–Trinajstić information content (AvgIpc) is 2.63. The number of anilines is 2. The van der Waals surface area contributed by atoms with Crippen molar-refractivity contribution in [3.63, 3.8) is 0 Å². The largest absolute Gasteiger partial charge is 0.478 e. The summed E-state index contributed by atoms with van der Waals surface area (Å²) in [5.41, 5.74) is 0.991. The van der Waals surface area contributed by atoms with Crippen LogP contribution in [0.25, 0.3) is 0 Å². The van der Waals surface area contributed by atoms with Gasteiger partial charge in [-0.1, -0.05) is 23.2 Å². The molecular formula is C19H16Cl2N2O4S. The van der Waals surface area contributed by atoms with Gasteiger partial charge in [-0.05, 0) is 49.4 Å². The SMILES string of the molecule is CC(Sc1ccc(NC(=O)/C=C/C(=O)O)cc1)C(=O)Nc1ccc(Cl)cc1Cl. The molecule has 28 heavy (non-hydrogen) atoms. The minimum atomic E-state index is -1.20. The summed E-state index contributed by atoms with van der Waals surface area (Å²) in [5.74, 6) is -1.96. The molecule has 9 heteroatoms. The predicted octanol–water partition coefficient (Wildman–Crippen LogP) is 4.69. The first kappa shape index (κ1) is 21.8. The van der Waals surface area contributed by atoms with Gasteiger partial charge < -0.3 is 15.7 Å². The first-order chi connectivity index (χ1) is 13.2. The van der Waals surface area contributed by atoms with Gasteiger partial charge in [0, 0.05) is 27.8 Å². The molecule has 0 saturated heterocycles. The second kappa shape index (κ2) is 10.2. The van der Waals surface area contributed by atoms with Crippen molar-refractivity contribution >= 4 is 64.1 Å². The fourth-order valence-electron chi connectivity index (χ4n) is 2.03. The summed E-state index contributed by atoms with van der Waals surface area (Å²) >= 11 is 13.2. The van der Waals surface area contributed by atoms with Crippen LogP contribution in [-0.4, -0.2) is 28.1 Å². The number of carbonyl (C=O) groups is 3. The third-order valence-electron chi connectivity index (χ3n) is 3.37. The standard InChI is InChI=1S/C19H16Cl2N2O4S/c1-11(19(27)23-16-7-2-12(20)10-15(16)21)28-14-5-3-13(4-6-14)22-17(24)8-9-18(25)26/h2-11H,1H3,(H,22,24)(H,23,27)(H,25,26)/b9-8+. The zero-order chi connectivity index (χ0) is 20.7. The Morgan fingerprint density at radius 1 is 1.04 bits per heavy atom. The van der Waals surface area contributed by atoms with Gasteiger partial charge in [0.05, 0.1) is 16.0 Å². The Balaban J connectivity index is 1.92. The number of halogens is 2. The van der Waals surface area contributed by atoms with Gasteiger partial charge in [-0.15, -0.1) is 11.8 Å². The van der Waals surface area contributed by atoms with Crippen LogP contribution in [0.15, 0.2) is 59.5 Å². The fourth-order valence-corrected chi connectivity index (χ4v) is 3.35. The number of amides is 2. The van der Waals surface area contributed by atoms with E-state index < -0.39 is 17.1 Å². The number of aliphatic carboxylic acids is 1. The third kappa shape index (κ3) is 6.92. The molecule has 6 nitrogen and oxygen atoms in total. The smallest absolute Gasteiger partial charge is 0.328 e. The maximum atomic E-state index is 12.4. The molecule has 0 saturated carbocycles. The number of nitrogens with one attached hydrogen (secondary N) is 2. The highest BCUT2D eigenvalue weighted by Gasteiger charge is 2.16. The molecule has 0 heterocycles. The maximum absolute atomic E-state index is 12.4. The Morgan fingerprint density at radius 2 is 1.71 bits per heavy atom. The number of carbonyl (C=O) groups excluding carboxylic acids is 2. The van der Waals surface area contributed by atoms with Crippen LogP contribution in [0.5, 0.6) is 0 Å². The Bertz CT molecular complexity index is 917. The van der Waals surface area contributed by atoms with E-state index in [0.29, 0.717) is 21.4 Å². The predicted molar refractivity (Wildman–Crippen MR) is 112 cm³/mol. The lowest BCUT2D eigenvalue weighted by Gasteiger charge is -2.13. The van der Waals surface area contributed by atoms with Crippen molar-refractivity contribution < 1.29 is 19.5 Å². The molecule has 2 aromatic rings. The van der Waals surface area contributed by atoms with Crippen LogP contribution in [0.2, 0.25) is 10.0 Å². The van der Waals surface area contributed by atoms with Gasteiger partial charge in [-0.2, -0.15) is 0 Å². The summed E-state index contributed by atoms with van der Waals surface area (Å²) in [6.45, 7) is 1.76. The molecule has 0 aliphatic heterocycles. The number of carboxylic acid groups (broad SMARTS) is 1. The van der Waals surface area contributed by atoms with Crippen LogP contribution in [0.1, 0.15) is 6.92 Å². The van der Waals surface area contributed by atoms with Crippen LogP contribution in [-0.2, 0) is 14.4 Å². The molecule has 2 rings (SSSR count). The summed E-state index contributed by atoms with van der Waals surface area (Å²) in [6.07, 6.45) is 1.69. The van der Waals surface area contributed by atoms with Crippen molar-refractivity contribution in [2.24, 2.45) is 0 Å². The van der Waals surface area contributed by atoms with Crippen molar-refractivity contribution in [2.45, 2.75) is 17.1 Å². The highest BCUT2D eigenvalue weighted by Crippen LogP contribution is 2.28. The van der Waals surface area contributed by atoms with Gasteiger partial charge in [0.2, 0.25) is 11.8 Å². The van der Waals surface area contributed by atoms with Gasteiger partial charge in [0.15, 0.2) is 0 Å². The number of benzene rings is 2. The molecule has 1 unspecified atom stereocenters. The molecule has 0 bridgehead atoms. The van der Waals surface area contributed by atoms with Gasteiger partial charge in [0.1, 0.15) is 0 Å². The lowest BCUT2D eigenvalue weighted by Crippen LogP contribution is -2.22. The number of hydrogen-bond donors (Lipinski definition) is 3. The minimum absolute atomic E-state index is 0.217. The van der Waals surface area contributed by atoms with Crippen LogP contribution < -0.4 is 10.6 Å². The van der Waals surface area contributed by atoms with Gasteiger partial charge in [0.25, 0.3) is 0 Å². The molecule has 0 radical (unpaired) electrons. The Kier molecular flexibility index (Phi) is 7.92. The molecule has 0 spiro atoms. The van der Waals surface area contributed by atoms with Crippen molar-refractivity contribution in [3.8, 4) is 0 Å². The number of carboxylic acids is 1. The van der Waals surface area contributed by atoms with Crippen LogP contribution in [0.4, 0.5) is 11.4 Å². The second-order valence-electron chi connectivity index (χ2n) is 5.56. The molecule has 3 N–H and O–H groups in total. The lowest BCUT2D eigenvalue weighted by atomic mass is 10.3. The zero-order valence-corrected chi connectivity index (χ0v) is 16.9. The average molecular weight is 439 g/mol. The highest BCUT2D eigenvalue weighted by atomic mass is 35.5. The molecule has 0 aromatic heterocycles. The summed E-state index contributed by atoms with van der Waals surface area (Å²) < 4.78 is 0. The van der Waals surface area contributed by atoms with E-state index in [9.17, 15) is 14.4 Å². The number of hydrogen-bond acceptors (Lipinski definition) is 4. The van der Waals surface area contributed by atoms with Crippen LogP contribution in [0, 0.1) is 0 Å². The summed E-state index contributed by atoms with van der Waals surface area (Å²) in [5, 5.41) is 14.2. The first-order valence-electron chi connectivity index (χ1n) is 7.99. The van der Waals surface area contributed by atoms with E-state index in [2.05, 4.69) is 10.6 Å². The van der Waals surface area contributed by atoms with Crippen molar-refractivity contribution in [1.29, 1.82) is 0 Å². The number of rotatable bonds is 7. The molecule has 2 amide bonds. The monoisotopic (exact) mass is 438 g/mol. The van der Waals surface area contributed by atoms with Crippen LogP contribution >= 0.6 is 35.0 Å². The van der Waals surface area contributed by atoms with E-state index in [1.165, 1.54) is 11.8 Å². The van der Waals surface area contributed by atoms with Gasteiger partial charge >= 0.3 is 5.97 Å². The van der Waals surface area contributed by atoms with Crippen molar-refractivity contribution in [1.82, 2.24) is 0 Å². The quantitative estimate of drug-likeness (QED) is 0.430. The van der Waals surface area contributed by atoms with Gasteiger partial charge in [-0.3, -0.25) is 9.59 Å². The van der Waals surface area contributed by atoms with E-state index >= 15 is 0 Å². The van der Waals surface area contributed by atoms with Crippen LogP contribution in [0.3, 0.4) is 0 Å². The second-order valence-corrected chi connectivity index (χ2v) is 7.82. The Hall–Kier alpha value is -2.48. The molecule has 0 aliphatic rings. The van der Waals surface area contributed by atoms with Gasteiger partial charge in [-0.25, -0.2) is 4.79 Å². The number of thioether (sulfide) groups is 1. The third-order valence-corrected chi connectivity index (χ3v) is 5.03. The van der Waals surface area contributed by atoms with Crippen molar-refractivity contribution in [3.05, 3.63) is 64.7 Å². The molecule has 1 atom stereocenters. The van der Waals surface area contributed by atoms with E-state index in [4.69, 9.17) is 28.3 Å². The van der Waals surface area contributed by atoms with E-state index in [1.54, 1.807) is 49.4 Å². The zero-order valence-electron chi connectivity index (χ0n) is 14.6. The minimum Gasteiger partial charge on any atom is -0.478 e. The Labute approximate surface area is 175 Å². The van der Waals surface area contributed by atoms with Crippen molar-refractivity contribution in [2.75, 3.05) is 10.6 Å². The Morgan fingerprint density at radius 3 is 2.32 bits per heavy atom.